The molecule has 0 saturated heterocycles. The average Bonchev–Trinajstić information content (AvgIpc) is 2.92. The van der Waals surface area contributed by atoms with Crippen LogP contribution in [0.25, 0.3) is 5.78 Å². The zero-order valence-corrected chi connectivity index (χ0v) is 13.4. The Kier molecular flexibility index (Phi) is 4.24. The third-order valence-corrected chi connectivity index (χ3v) is 3.69. The minimum atomic E-state index is 0.644. The van der Waals surface area contributed by atoms with Gasteiger partial charge in [-0.3, -0.25) is 0 Å². The highest BCUT2D eigenvalue weighted by atomic mass is 35.5. The van der Waals surface area contributed by atoms with Crippen LogP contribution in [0.5, 0.6) is 0 Å². The van der Waals surface area contributed by atoms with Crippen molar-refractivity contribution in [2.45, 2.75) is 26.7 Å². The predicted molar refractivity (Wildman–Crippen MR) is 88.5 cm³/mol. The summed E-state index contributed by atoms with van der Waals surface area (Å²) in [5, 5.41) is 8.65. The number of hydrogen-bond donors (Lipinski definition) is 1. The van der Waals surface area contributed by atoms with Gasteiger partial charge in [-0.15, -0.1) is 5.10 Å². The van der Waals surface area contributed by atoms with E-state index < -0.39 is 0 Å². The number of aryl methyl sites for hydroxylation is 2. The number of benzene rings is 1. The molecule has 0 atom stereocenters. The molecular formula is C16H18ClN5. The first kappa shape index (κ1) is 14.8. The molecule has 1 aromatic carbocycles. The summed E-state index contributed by atoms with van der Waals surface area (Å²) in [7, 11) is 0. The summed E-state index contributed by atoms with van der Waals surface area (Å²) in [4.78, 5) is 8.83. The SMILES string of the molecule is CCc1nc2nc(C)cc(NCCc3ccc(Cl)cc3)n2n1. The van der Waals surface area contributed by atoms with E-state index in [-0.39, 0.29) is 0 Å². The number of fused-ring (bicyclic) bond motifs is 1. The maximum Gasteiger partial charge on any atom is 0.254 e. The minimum absolute atomic E-state index is 0.644. The molecule has 0 amide bonds. The lowest BCUT2D eigenvalue weighted by Gasteiger charge is -2.08. The first-order valence-corrected chi connectivity index (χ1v) is 7.75. The fraction of sp³-hybridized carbons (Fsp3) is 0.312. The molecular weight excluding hydrogens is 298 g/mol. The number of hydrogen-bond acceptors (Lipinski definition) is 4. The summed E-state index contributed by atoms with van der Waals surface area (Å²) in [6.45, 7) is 4.81. The van der Waals surface area contributed by atoms with Gasteiger partial charge in [0.2, 0.25) is 0 Å². The maximum absolute atomic E-state index is 5.90. The maximum atomic E-state index is 5.90. The largest absolute Gasteiger partial charge is 0.370 e. The Bertz CT molecular complexity index is 779. The van der Waals surface area contributed by atoms with Gasteiger partial charge in [0.05, 0.1) is 0 Å². The van der Waals surface area contributed by atoms with E-state index in [2.05, 4.69) is 20.4 Å². The molecule has 114 valence electrons. The van der Waals surface area contributed by atoms with Crippen LogP contribution in [0.3, 0.4) is 0 Å². The Morgan fingerprint density at radius 2 is 1.95 bits per heavy atom. The van der Waals surface area contributed by atoms with Crippen molar-refractivity contribution in [3.8, 4) is 0 Å². The summed E-state index contributed by atoms with van der Waals surface area (Å²) in [6.07, 6.45) is 1.71. The van der Waals surface area contributed by atoms with Crippen molar-refractivity contribution < 1.29 is 0 Å². The molecule has 2 aromatic heterocycles. The first-order valence-electron chi connectivity index (χ1n) is 7.37. The van der Waals surface area contributed by atoms with E-state index in [1.54, 1.807) is 4.52 Å². The molecule has 0 fully saturated rings. The zero-order valence-electron chi connectivity index (χ0n) is 12.7. The fourth-order valence-electron chi connectivity index (χ4n) is 2.29. The Balaban J connectivity index is 1.75. The van der Waals surface area contributed by atoms with E-state index >= 15 is 0 Å². The van der Waals surface area contributed by atoms with E-state index in [4.69, 9.17) is 11.6 Å². The van der Waals surface area contributed by atoms with Crippen LogP contribution >= 0.6 is 11.6 Å². The second-order valence-electron chi connectivity index (χ2n) is 5.18. The molecule has 0 spiro atoms. The third kappa shape index (κ3) is 3.20. The van der Waals surface area contributed by atoms with Gasteiger partial charge in [0.1, 0.15) is 5.82 Å². The van der Waals surface area contributed by atoms with Crippen molar-refractivity contribution in [3.05, 3.63) is 52.4 Å². The van der Waals surface area contributed by atoms with Crippen LogP contribution in [0.4, 0.5) is 5.82 Å². The van der Waals surface area contributed by atoms with Gasteiger partial charge in [-0.05, 0) is 31.0 Å². The van der Waals surface area contributed by atoms with Crippen LogP contribution < -0.4 is 5.32 Å². The van der Waals surface area contributed by atoms with Crippen molar-refractivity contribution >= 4 is 23.2 Å². The van der Waals surface area contributed by atoms with Crippen LogP contribution in [-0.2, 0) is 12.8 Å². The van der Waals surface area contributed by atoms with Gasteiger partial charge < -0.3 is 5.32 Å². The van der Waals surface area contributed by atoms with Gasteiger partial charge in [-0.25, -0.2) is 4.98 Å². The Morgan fingerprint density at radius 3 is 2.68 bits per heavy atom. The summed E-state index contributed by atoms with van der Waals surface area (Å²) in [5.41, 5.74) is 2.17. The number of nitrogens with one attached hydrogen (secondary N) is 1. The highest BCUT2D eigenvalue weighted by molar-refractivity contribution is 6.30. The number of aromatic nitrogens is 4. The van der Waals surface area contributed by atoms with E-state index in [9.17, 15) is 0 Å². The monoisotopic (exact) mass is 315 g/mol. The Morgan fingerprint density at radius 1 is 1.18 bits per heavy atom. The molecule has 6 heteroatoms. The van der Waals surface area contributed by atoms with Crippen molar-refractivity contribution in [1.82, 2.24) is 19.6 Å². The second-order valence-corrected chi connectivity index (χ2v) is 5.62. The van der Waals surface area contributed by atoms with Crippen molar-refractivity contribution in [3.63, 3.8) is 0 Å². The third-order valence-electron chi connectivity index (χ3n) is 3.43. The van der Waals surface area contributed by atoms with Crippen LogP contribution in [0.2, 0.25) is 5.02 Å². The molecule has 3 rings (SSSR count). The van der Waals surface area contributed by atoms with E-state index in [0.29, 0.717) is 5.78 Å². The lowest BCUT2D eigenvalue weighted by atomic mass is 10.1. The fourth-order valence-corrected chi connectivity index (χ4v) is 2.42. The van der Waals surface area contributed by atoms with Gasteiger partial charge in [-0.1, -0.05) is 30.7 Å². The standard InChI is InChI=1S/C16H18ClN5/c1-3-14-20-16-19-11(2)10-15(22(16)21-14)18-9-8-12-4-6-13(17)7-5-12/h4-7,10,18H,3,8-9H2,1-2H3. The number of nitrogens with zero attached hydrogens (tertiary/aromatic N) is 4. The molecule has 0 aliphatic carbocycles. The molecule has 0 aliphatic rings. The van der Waals surface area contributed by atoms with Crippen molar-refractivity contribution in [2.75, 3.05) is 11.9 Å². The highest BCUT2D eigenvalue weighted by Gasteiger charge is 2.08. The highest BCUT2D eigenvalue weighted by Crippen LogP contribution is 2.13. The molecule has 5 nitrogen and oxygen atoms in total. The lowest BCUT2D eigenvalue weighted by molar-refractivity contribution is 0.867. The normalized spacial score (nSPS) is 11.0. The first-order chi connectivity index (χ1) is 10.7. The molecule has 2 heterocycles. The Hall–Kier alpha value is -2.14. The number of anilines is 1. The number of halogens is 1. The van der Waals surface area contributed by atoms with Crippen LogP contribution in [0.15, 0.2) is 30.3 Å². The number of rotatable bonds is 5. The molecule has 3 aromatic rings. The summed E-state index contributed by atoms with van der Waals surface area (Å²) >= 11 is 5.90. The topological polar surface area (TPSA) is 55.1 Å². The summed E-state index contributed by atoms with van der Waals surface area (Å²) in [5.74, 6) is 2.37. The molecule has 22 heavy (non-hydrogen) atoms. The van der Waals surface area contributed by atoms with E-state index in [1.165, 1.54) is 5.56 Å². The predicted octanol–water partition coefficient (Wildman–Crippen LogP) is 3.30. The Labute approximate surface area is 134 Å². The molecule has 0 radical (unpaired) electrons. The zero-order chi connectivity index (χ0) is 15.5. The van der Waals surface area contributed by atoms with Gasteiger partial charge >= 0.3 is 0 Å². The van der Waals surface area contributed by atoms with E-state index in [1.807, 2.05) is 44.2 Å². The van der Waals surface area contributed by atoms with Crippen molar-refractivity contribution in [1.29, 1.82) is 0 Å². The van der Waals surface area contributed by atoms with Crippen LogP contribution in [0.1, 0.15) is 24.0 Å². The van der Waals surface area contributed by atoms with E-state index in [0.717, 1.165) is 41.7 Å². The molecule has 0 saturated carbocycles. The van der Waals surface area contributed by atoms with Gasteiger partial charge in [0, 0.05) is 29.7 Å². The van der Waals surface area contributed by atoms with Crippen LogP contribution in [-0.4, -0.2) is 26.1 Å². The average molecular weight is 316 g/mol. The minimum Gasteiger partial charge on any atom is -0.370 e. The van der Waals surface area contributed by atoms with Crippen LogP contribution in [0, 0.1) is 6.92 Å². The quantitative estimate of drug-likeness (QED) is 0.785. The summed E-state index contributed by atoms with van der Waals surface area (Å²) in [6, 6.07) is 9.90. The summed E-state index contributed by atoms with van der Waals surface area (Å²) < 4.78 is 1.77. The van der Waals surface area contributed by atoms with Gasteiger partial charge in [0.15, 0.2) is 5.82 Å². The molecule has 1 N–H and O–H groups in total. The molecule has 0 aliphatic heterocycles. The van der Waals surface area contributed by atoms with Gasteiger partial charge in [-0.2, -0.15) is 9.50 Å². The molecule has 0 bridgehead atoms. The second kappa shape index (κ2) is 6.32. The van der Waals surface area contributed by atoms with Crippen molar-refractivity contribution in [2.24, 2.45) is 0 Å². The lowest BCUT2D eigenvalue weighted by Crippen LogP contribution is -2.10. The molecule has 0 unspecified atom stereocenters. The van der Waals surface area contributed by atoms with Gasteiger partial charge in [0.25, 0.3) is 5.78 Å². The smallest absolute Gasteiger partial charge is 0.254 e.